The molecule has 176 valence electrons. The van der Waals surface area contributed by atoms with E-state index in [-0.39, 0.29) is 12.5 Å². The lowest BCUT2D eigenvalue weighted by atomic mass is 10.0. The maximum atomic E-state index is 13.3. The summed E-state index contributed by atoms with van der Waals surface area (Å²) in [6.45, 7) is -0.223. The normalized spacial score (nSPS) is 10.5. The molecule has 4 aromatic rings. The highest BCUT2D eigenvalue weighted by Crippen LogP contribution is 2.27. The molecule has 0 aliphatic carbocycles. The number of para-hydroxylation sites is 1. The molecule has 8 heteroatoms. The van der Waals surface area contributed by atoms with E-state index in [0.717, 1.165) is 16.7 Å². The summed E-state index contributed by atoms with van der Waals surface area (Å²) in [5.41, 5.74) is 3.56. The van der Waals surface area contributed by atoms with Crippen LogP contribution in [-0.4, -0.2) is 43.5 Å². The molecule has 0 saturated heterocycles. The third-order valence-corrected chi connectivity index (χ3v) is 5.37. The van der Waals surface area contributed by atoms with Gasteiger partial charge in [0.25, 0.3) is 11.8 Å². The van der Waals surface area contributed by atoms with E-state index in [1.54, 1.807) is 37.4 Å². The van der Waals surface area contributed by atoms with Crippen LogP contribution in [0.2, 0.25) is 0 Å². The molecule has 0 saturated carbocycles. The highest BCUT2D eigenvalue weighted by molar-refractivity contribution is 6.13. The van der Waals surface area contributed by atoms with Crippen LogP contribution < -0.4 is 15.4 Å². The number of nitrogens with zero attached hydrogens (tertiary/aromatic N) is 1. The monoisotopic (exact) mass is 469 g/mol. The number of fused-ring (bicyclic) bond motifs is 1. The molecule has 0 spiro atoms. The van der Waals surface area contributed by atoms with Crippen molar-refractivity contribution in [3.05, 3.63) is 90.0 Å². The van der Waals surface area contributed by atoms with Crippen LogP contribution in [0.3, 0.4) is 0 Å². The Morgan fingerprint density at radius 1 is 0.857 bits per heavy atom. The standard InChI is InChI=1S/C27H23N3O5/c1-34-20-13-9-17(10-14-20)24-15-22(21-5-3-4-6-23(21)30-24)27(33)29-19-11-7-18(8-12-19)26(32)28-16-25(31)35-2/h3-15H,16H2,1-2H3,(H,28,32)(H,29,33). The lowest BCUT2D eigenvalue weighted by Gasteiger charge is -2.11. The average molecular weight is 469 g/mol. The van der Waals surface area contributed by atoms with E-state index in [9.17, 15) is 14.4 Å². The molecule has 2 amide bonds. The van der Waals surface area contributed by atoms with Gasteiger partial charge in [-0.2, -0.15) is 0 Å². The van der Waals surface area contributed by atoms with Crippen LogP contribution in [-0.2, 0) is 9.53 Å². The summed E-state index contributed by atoms with van der Waals surface area (Å²) >= 11 is 0. The molecule has 0 bridgehead atoms. The number of benzene rings is 3. The van der Waals surface area contributed by atoms with Gasteiger partial charge in [-0.05, 0) is 60.7 Å². The fraction of sp³-hybridized carbons (Fsp3) is 0.111. The van der Waals surface area contributed by atoms with Crippen molar-refractivity contribution < 1.29 is 23.9 Å². The fourth-order valence-electron chi connectivity index (χ4n) is 3.50. The third kappa shape index (κ3) is 5.44. The molecule has 0 aliphatic heterocycles. The van der Waals surface area contributed by atoms with Crippen molar-refractivity contribution in [2.24, 2.45) is 0 Å². The van der Waals surface area contributed by atoms with Crippen LogP contribution >= 0.6 is 0 Å². The Bertz CT molecular complexity index is 1380. The Hall–Kier alpha value is -4.72. The van der Waals surface area contributed by atoms with E-state index >= 15 is 0 Å². The van der Waals surface area contributed by atoms with Gasteiger partial charge in [0.15, 0.2) is 0 Å². The van der Waals surface area contributed by atoms with E-state index in [4.69, 9.17) is 9.72 Å². The first-order valence-corrected chi connectivity index (χ1v) is 10.8. The number of carbonyl (C=O) groups excluding carboxylic acids is 3. The summed E-state index contributed by atoms with van der Waals surface area (Å²) in [6.07, 6.45) is 0. The van der Waals surface area contributed by atoms with Crippen molar-refractivity contribution in [3.8, 4) is 17.0 Å². The molecule has 0 fully saturated rings. The molecule has 4 rings (SSSR count). The van der Waals surface area contributed by atoms with Crippen LogP contribution in [0.15, 0.2) is 78.9 Å². The second kappa shape index (κ2) is 10.5. The number of rotatable bonds is 7. The Balaban J connectivity index is 1.57. The molecule has 0 aliphatic rings. The largest absolute Gasteiger partial charge is 0.497 e. The first kappa shape index (κ1) is 23.4. The lowest BCUT2D eigenvalue weighted by Crippen LogP contribution is -2.30. The quantitative estimate of drug-likeness (QED) is 0.395. The third-order valence-electron chi connectivity index (χ3n) is 5.37. The van der Waals surface area contributed by atoms with Gasteiger partial charge >= 0.3 is 5.97 Å². The highest BCUT2D eigenvalue weighted by Gasteiger charge is 2.15. The Morgan fingerprint density at radius 2 is 1.57 bits per heavy atom. The molecule has 3 aromatic carbocycles. The van der Waals surface area contributed by atoms with Gasteiger partial charge in [0.2, 0.25) is 0 Å². The summed E-state index contributed by atoms with van der Waals surface area (Å²) in [6, 6.07) is 23.0. The molecular weight excluding hydrogens is 446 g/mol. The van der Waals surface area contributed by atoms with Crippen LogP contribution in [0.25, 0.3) is 22.2 Å². The molecule has 2 N–H and O–H groups in total. The van der Waals surface area contributed by atoms with Gasteiger partial charge in [-0.1, -0.05) is 18.2 Å². The minimum absolute atomic E-state index is 0.223. The van der Waals surface area contributed by atoms with Crippen molar-refractivity contribution >= 4 is 34.4 Å². The summed E-state index contributed by atoms with van der Waals surface area (Å²) in [5, 5.41) is 6.07. The zero-order chi connectivity index (χ0) is 24.8. The SMILES string of the molecule is COC(=O)CNC(=O)c1ccc(NC(=O)c2cc(-c3ccc(OC)cc3)nc3ccccc23)cc1. The van der Waals surface area contributed by atoms with Gasteiger partial charge in [-0.15, -0.1) is 0 Å². The lowest BCUT2D eigenvalue weighted by molar-refractivity contribution is -0.139. The molecule has 8 nitrogen and oxygen atoms in total. The van der Waals surface area contributed by atoms with E-state index in [0.29, 0.717) is 28.0 Å². The fourth-order valence-corrected chi connectivity index (χ4v) is 3.50. The smallest absolute Gasteiger partial charge is 0.325 e. The number of amides is 2. The van der Waals surface area contributed by atoms with Crippen molar-refractivity contribution in [1.82, 2.24) is 10.3 Å². The van der Waals surface area contributed by atoms with Gasteiger partial charge in [0, 0.05) is 22.2 Å². The number of nitrogens with one attached hydrogen (secondary N) is 2. The topological polar surface area (TPSA) is 107 Å². The number of anilines is 1. The van der Waals surface area contributed by atoms with Crippen molar-refractivity contribution in [3.63, 3.8) is 0 Å². The predicted octanol–water partition coefficient (Wildman–Crippen LogP) is 4.07. The van der Waals surface area contributed by atoms with Crippen LogP contribution in [0.1, 0.15) is 20.7 Å². The summed E-state index contributed by atoms with van der Waals surface area (Å²) in [4.78, 5) is 41.3. The van der Waals surface area contributed by atoms with E-state index in [1.807, 2.05) is 48.5 Å². The highest BCUT2D eigenvalue weighted by atomic mass is 16.5. The van der Waals surface area contributed by atoms with Crippen LogP contribution in [0, 0.1) is 0 Å². The van der Waals surface area contributed by atoms with Gasteiger partial charge in [0.1, 0.15) is 12.3 Å². The minimum Gasteiger partial charge on any atom is -0.497 e. The number of hydrogen-bond donors (Lipinski definition) is 2. The predicted molar refractivity (Wildman–Crippen MR) is 132 cm³/mol. The number of carbonyl (C=O) groups is 3. The average Bonchev–Trinajstić information content (AvgIpc) is 2.91. The second-order valence-corrected chi connectivity index (χ2v) is 7.59. The Kier molecular flexibility index (Phi) is 7.02. The van der Waals surface area contributed by atoms with Gasteiger partial charge < -0.3 is 20.1 Å². The van der Waals surface area contributed by atoms with Crippen molar-refractivity contribution in [2.45, 2.75) is 0 Å². The first-order chi connectivity index (χ1) is 17.0. The van der Waals surface area contributed by atoms with Gasteiger partial charge in [0.05, 0.1) is 31.0 Å². The van der Waals surface area contributed by atoms with Gasteiger partial charge in [-0.3, -0.25) is 14.4 Å². The van der Waals surface area contributed by atoms with Crippen LogP contribution in [0.4, 0.5) is 5.69 Å². The van der Waals surface area contributed by atoms with E-state index in [1.165, 1.54) is 7.11 Å². The minimum atomic E-state index is -0.541. The second-order valence-electron chi connectivity index (χ2n) is 7.59. The number of hydrogen-bond acceptors (Lipinski definition) is 6. The maximum absolute atomic E-state index is 13.3. The number of esters is 1. The number of aromatic nitrogens is 1. The first-order valence-electron chi connectivity index (χ1n) is 10.8. The van der Waals surface area contributed by atoms with Crippen LogP contribution in [0.5, 0.6) is 5.75 Å². The Morgan fingerprint density at radius 3 is 2.26 bits per heavy atom. The molecule has 35 heavy (non-hydrogen) atoms. The van der Waals surface area contributed by atoms with E-state index in [2.05, 4.69) is 15.4 Å². The molecule has 0 atom stereocenters. The molecular formula is C27H23N3O5. The maximum Gasteiger partial charge on any atom is 0.325 e. The molecule has 1 heterocycles. The summed E-state index contributed by atoms with van der Waals surface area (Å²) in [5.74, 6) is -0.533. The molecule has 0 radical (unpaired) electrons. The Labute approximate surface area is 201 Å². The number of pyridine rings is 1. The number of methoxy groups -OCH3 is 2. The zero-order valence-electron chi connectivity index (χ0n) is 19.2. The van der Waals surface area contributed by atoms with Crippen molar-refractivity contribution in [2.75, 3.05) is 26.1 Å². The summed E-state index contributed by atoms with van der Waals surface area (Å²) in [7, 11) is 2.85. The summed E-state index contributed by atoms with van der Waals surface area (Å²) < 4.78 is 9.73. The zero-order valence-corrected chi connectivity index (χ0v) is 19.2. The van der Waals surface area contributed by atoms with Crippen molar-refractivity contribution in [1.29, 1.82) is 0 Å². The van der Waals surface area contributed by atoms with E-state index < -0.39 is 11.9 Å². The van der Waals surface area contributed by atoms with Gasteiger partial charge in [-0.25, -0.2) is 4.98 Å². The molecule has 0 unspecified atom stereocenters. The number of ether oxygens (including phenoxy) is 2. The molecule has 1 aromatic heterocycles.